The minimum atomic E-state index is -4.46. The fraction of sp³-hybridized carbons (Fsp3) is 0.208. The number of para-hydroxylation sites is 2. The maximum absolute atomic E-state index is 13.1. The minimum Gasteiger partial charge on any atom is -0.424 e. The standard InChI is InChI=1S/C24H21F3N2O4/c1-13-14(2)28-22(31)21(18(13)12-16-8-10-17(11-9-16)24(25,26)27)23(32)29-19-6-4-5-7-20(19)33-15(3)30/h4-11H,12H2,1-3H3,(H,28,31)(H,29,32). The largest absolute Gasteiger partial charge is 0.424 e. The van der Waals surface area contributed by atoms with Crippen molar-refractivity contribution in [1.82, 2.24) is 4.98 Å². The normalized spacial score (nSPS) is 11.2. The van der Waals surface area contributed by atoms with E-state index in [2.05, 4.69) is 10.3 Å². The van der Waals surface area contributed by atoms with Gasteiger partial charge in [0, 0.05) is 12.6 Å². The topological polar surface area (TPSA) is 88.3 Å². The van der Waals surface area contributed by atoms with Gasteiger partial charge in [0.05, 0.1) is 11.3 Å². The lowest BCUT2D eigenvalue weighted by molar-refractivity contribution is -0.137. The minimum absolute atomic E-state index is 0.0725. The predicted octanol–water partition coefficient (Wildman–Crippen LogP) is 4.78. The molecule has 3 aromatic rings. The number of H-pyrrole nitrogens is 1. The number of pyridine rings is 1. The van der Waals surface area contributed by atoms with E-state index in [9.17, 15) is 27.6 Å². The smallest absolute Gasteiger partial charge is 0.416 e. The van der Waals surface area contributed by atoms with Crippen LogP contribution in [0.5, 0.6) is 5.75 Å². The fourth-order valence-corrected chi connectivity index (χ4v) is 3.35. The number of aromatic amines is 1. The van der Waals surface area contributed by atoms with Crippen molar-refractivity contribution in [2.45, 2.75) is 33.4 Å². The van der Waals surface area contributed by atoms with E-state index in [1.807, 2.05) is 0 Å². The van der Waals surface area contributed by atoms with E-state index in [4.69, 9.17) is 4.74 Å². The van der Waals surface area contributed by atoms with Crippen LogP contribution in [0.4, 0.5) is 18.9 Å². The molecular weight excluding hydrogens is 437 g/mol. The summed E-state index contributed by atoms with van der Waals surface area (Å²) < 4.78 is 43.7. The number of nitrogens with one attached hydrogen (secondary N) is 2. The summed E-state index contributed by atoms with van der Waals surface area (Å²) in [6.45, 7) is 4.60. The molecule has 1 aromatic heterocycles. The van der Waals surface area contributed by atoms with E-state index in [-0.39, 0.29) is 23.4 Å². The predicted molar refractivity (Wildman–Crippen MR) is 116 cm³/mol. The maximum Gasteiger partial charge on any atom is 0.416 e. The molecule has 0 fully saturated rings. The lowest BCUT2D eigenvalue weighted by Gasteiger charge is -2.16. The van der Waals surface area contributed by atoms with Gasteiger partial charge in [-0.2, -0.15) is 13.2 Å². The van der Waals surface area contributed by atoms with Crippen LogP contribution >= 0.6 is 0 Å². The number of halogens is 3. The van der Waals surface area contributed by atoms with Crippen LogP contribution in [-0.4, -0.2) is 16.9 Å². The second kappa shape index (κ2) is 9.32. The molecule has 0 aliphatic heterocycles. The lowest BCUT2D eigenvalue weighted by Crippen LogP contribution is -2.27. The Morgan fingerprint density at radius 2 is 1.67 bits per heavy atom. The number of esters is 1. The first-order chi connectivity index (χ1) is 15.5. The van der Waals surface area contributed by atoms with Crippen LogP contribution in [-0.2, 0) is 17.4 Å². The zero-order valence-corrected chi connectivity index (χ0v) is 18.1. The first-order valence-electron chi connectivity index (χ1n) is 9.94. The van der Waals surface area contributed by atoms with Crippen molar-refractivity contribution in [2.24, 2.45) is 0 Å². The van der Waals surface area contributed by atoms with Crippen LogP contribution < -0.4 is 15.6 Å². The number of carbonyl (C=O) groups excluding carboxylic acids is 2. The third kappa shape index (κ3) is 5.49. The number of hydrogen-bond acceptors (Lipinski definition) is 4. The van der Waals surface area contributed by atoms with Gasteiger partial charge in [0.15, 0.2) is 5.75 Å². The highest BCUT2D eigenvalue weighted by Crippen LogP contribution is 2.30. The monoisotopic (exact) mass is 458 g/mol. The van der Waals surface area contributed by atoms with Gasteiger partial charge >= 0.3 is 12.1 Å². The fourth-order valence-electron chi connectivity index (χ4n) is 3.35. The van der Waals surface area contributed by atoms with Crippen LogP contribution in [0.1, 0.15) is 45.2 Å². The Labute approximate surface area is 187 Å². The Bertz CT molecular complexity index is 1260. The molecule has 9 heteroatoms. The van der Waals surface area contributed by atoms with Gasteiger partial charge < -0.3 is 15.0 Å². The van der Waals surface area contributed by atoms with Crippen molar-refractivity contribution in [3.8, 4) is 5.75 Å². The molecule has 0 spiro atoms. The van der Waals surface area contributed by atoms with Crippen LogP contribution in [0.15, 0.2) is 53.3 Å². The Morgan fingerprint density at radius 1 is 1.03 bits per heavy atom. The third-order valence-corrected chi connectivity index (χ3v) is 5.12. The van der Waals surface area contributed by atoms with Gasteiger partial charge in [0.25, 0.3) is 11.5 Å². The van der Waals surface area contributed by atoms with Crippen molar-refractivity contribution in [1.29, 1.82) is 0 Å². The van der Waals surface area contributed by atoms with Crippen molar-refractivity contribution < 1.29 is 27.5 Å². The lowest BCUT2D eigenvalue weighted by atomic mass is 9.94. The van der Waals surface area contributed by atoms with Crippen LogP contribution in [0.3, 0.4) is 0 Å². The molecule has 0 radical (unpaired) electrons. The summed E-state index contributed by atoms with van der Waals surface area (Å²) in [5.74, 6) is -1.20. The summed E-state index contributed by atoms with van der Waals surface area (Å²) >= 11 is 0. The molecule has 3 rings (SSSR count). The summed E-state index contributed by atoms with van der Waals surface area (Å²) in [4.78, 5) is 39.8. The number of carbonyl (C=O) groups is 2. The number of benzene rings is 2. The van der Waals surface area contributed by atoms with Gasteiger partial charge in [-0.15, -0.1) is 0 Å². The van der Waals surface area contributed by atoms with Gasteiger partial charge in [-0.05, 0) is 61.2 Å². The molecule has 0 aliphatic rings. The molecule has 2 aromatic carbocycles. The number of amides is 1. The Kier molecular flexibility index (Phi) is 6.71. The zero-order valence-electron chi connectivity index (χ0n) is 18.1. The van der Waals surface area contributed by atoms with Crippen molar-refractivity contribution in [2.75, 3.05) is 5.32 Å². The Balaban J connectivity index is 2.00. The highest BCUT2D eigenvalue weighted by molar-refractivity contribution is 6.06. The van der Waals surface area contributed by atoms with Gasteiger partial charge in [-0.1, -0.05) is 24.3 Å². The maximum atomic E-state index is 13.1. The molecule has 0 aliphatic carbocycles. The SMILES string of the molecule is CC(=O)Oc1ccccc1NC(=O)c1c(Cc2ccc(C(F)(F)F)cc2)c(C)c(C)[nH]c1=O. The number of rotatable bonds is 5. The molecule has 6 nitrogen and oxygen atoms in total. The van der Waals surface area contributed by atoms with Crippen LogP contribution in [0.2, 0.25) is 0 Å². The quantitative estimate of drug-likeness (QED) is 0.426. The number of anilines is 1. The summed E-state index contributed by atoms with van der Waals surface area (Å²) in [5, 5.41) is 2.59. The average molecular weight is 458 g/mol. The molecule has 0 saturated heterocycles. The number of aryl methyl sites for hydroxylation is 1. The molecule has 1 amide bonds. The van der Waals surface area contributed by atoms with E-state index in [1.165, 1.54) is 31.2 Å². The summed E-state index contributed by atoms with van der Waals surface area (Å²) in [6.07, 6.45) is -4.39. The number of ether oxygens (including phenoxy) is 1. The number of alkyl halides is 3. The molecule has 172 valence electrons. The van der Waals surface area contributed by atoms with E-state index in [1.54, 1.807) is 26.0 Å². The van der Waals surface area contributed by atoms with Crippen LogP contribution in [0, 0.1) is 13.8 Å². The number of hydrogen-bond donors (Lipinski definition) is 2. The molecule has 1 heterocycles. The van der Waals surface area contributed by atoms with E-state index < -0.39 is 29.2 Å². The van der Waals surface area contributed by atoms with Gasteiger partial charge in [-0.3, -0.25) is 14.4 Å². The van der Waals surface area contributed by atoms with Crippen molar-refractivity contribution in [3.63, 3.8) is 0 Å². The molecule has 2 N–H and O–H groups in total. The Hall–Kier alpha value is -3.88. The third-order valence-electron chi connectivity index (χ3n) is 5.12. The second-order valence-corrected chi connectivity index (χ2v) is 7.47. The molecule has 0 saturated carbocycles. The van der Waals surface area contributed by atoms with Gasteiger partial charge in [0.1, 0.15) is 5.56 Å². The first-order valence-corrected chi connectivity index (χ1v) is 9.94. The highest BCUT2D eigenvalue weighted by atomic mass is 19.4. The van der Waals surface area contributed by atoms with Gasteiger partial charge in [-0.25, -0.2) is 0 Å². The van der Waals surface area contributed by atoms with E-state index >= 15 is 0 Å². The molecular formula is C24H21F3N2O4. The molecule has 0 atom stereocenters. The summed E-state index contributed by atoms with van der Waals surface area (Å²) in [5.41, 5.74) is 0.662. The van der Waals surface area contributed by atoms with E-state index in [0.29, 0.717) is 22.4 Å². The molecule has 0 unspecified atom stereocenters. The summed E-state index contributed by atoms with van der Waals surface area (Å²) in [6, 6.07) is 10.8. The first kappa shape index (κ1) is 23.8. The van der Waals surface area contributed by atoms with Crippen LogP contribution in [0.25, 0.3) is 0 Å². The molecule has 0 bridgehead atoms. The second-order valence-electron chi connectivity index (χ2n) is 7.47. The Morgan fingerprint density at radius 3 is 2.27 bits per heavy atom. The number of aromatic nitrogens is 1. The van der Waals surface area contributed by atoms with Crippen molar-refractivity contribution >= 4 is 17.6 Å². The summed E-state index contributed by atoms with van der Waals surface area (Å²) in [7, 11) is 0. The van der Waals surface area contributed by atoms with Crippen molar-refractivity contribution in [3.05, 3.63) is 92.4 Å². The van der Waals surface area contributed by atoms with E-state index in [0.717, 1.165) is 12.1 Å². The molecule has 33 heavy (non-hydrogen) atoms. The van der Waals surface area contributed by atoms with Gasteiger partial charge in [0.2, 0.25) is 0 Å². The average Bonchev–Trinajstić information content (AvgIpc) is 2.72. The highest BCUT2D eigenvalue weighted by Gasteiger charge is 2.30. The zero-order chi connectivity index (χ0) is 24.3.